The number of halogens is 2. The molecule has 0 heterocycles. The fourth-order valence-corrected chi connectivity index (χ4v) is 2.84. The lowest BCUT2D eigenvalue weighted by molar-refractivity contribution is 0.162. The molecule has 1 unspecified atom stereocenters. The van der Waals surface area contributed by atoms with Crippen LogP contribution >= 0.6 is 11.6 Å². The van der Waals surface area contributed by atoms with Gasteiger partial charge in [0.25, 0.3) is 0 Å². The van der Waals surface area contributed by atoms with Gasteiger partial charge in [-0.25, -0.2) is 17.5 Å². The monoisotopic (exact) mass is 309 g/mol. The van der Waals surface area contributed by atoms with Gasteiger partial charge in [0.05, 0.1) is 16.9 Å². The highest BCUT2D eigenvalue weighted by atomic mass is 35.5. The molecule has 0 fully saturated rings. The number of sulfonamides is 1. The Morgan fingerprint density at radius 1 is 1.47 bits per heavy atom. The highest BCUT2D eigenvalue weighted by molar-refractivity contribution is 7.88. The van der Waals surface area contributed by atoms with Gasteiger partial charge >= 0.3 is 0 Å². The Balaban J connectivity index is 2.56. The molecule has 0 spiro atoms. The van der Waals surface area contributed by atoms with Crippen molar-refractivity contribution in [1.82, 2.24) is 4.72 Å². The lowest BCUT2D eigenvalue weighted by Crippen LogP contribution is -2.28. The molecule has 0 aromatic heterocycles. The molecule has 19 heavy (non-hydrogen) atoms. The van der Waals surface area contributed by atoms with Gasteiger partial charge in [-0.1, -0.05) is 24.6 Å². The largest absolute Gasteiger partial charge is 0.393 e. The van der Waals surface area contributed by atoms with Crippen molar-refractivity contribution in [3.8, 4) is 0 Å². The summed E-state index contributed by atoms with van der Waals surface area (Å²) in [6.07, 6.45) is 0.429. The van der Waals surface area contributed by atoms with Crippen LogP contribution < -0.4 is 4.72 Å². The van der Waals surface area contributed by atoms with E-state index in [-0.39, 0.29) is 17.3 Å². The lowest BCUT2D eigenvalue weighted by Gasteiger charge is -2.10. The molecule has 0 aliphatic rings. The van der Waals surface area contributed by atoms with E-state index in [1.807, 2.05) is 6.92 Å². The molecule has 0 radical (unpaired) electrons. The highest BCUT2D eigenvalue weighted by Gasteiger charge is 2.13. The number of rotatable bonds is 7. The first-order chi connectivity index (χ1) is 8.84. The van der Waals surface area contributed by atoms with Gasteiger partial charge in [0.2, 0.25) is 10.0 Å². The van der Waals surface area contributed by atoms with Crippen molar-refractivity contribution in [3.63, 3.8) is 0 Å². The molecule has 0 aliphatic heterocycles. The molecular weight excluding hydrogens is 293 g/mol. The summed E-state index contributed by atoms with van der Waals surface area (Å²) in [6.45, 7) is 1.99. The lowest BCUT2D eigenvalue weighted by atomic mass is 10.2. The maximum Gasteiger partial charge on any atom is 0.215 e. The smallest absolute Gasteiger partial charge is 0.215 e. The predicted octanol–water partition coefficient (Wildman–Crippen LogP) is 2.06. The summed E-state index contributed by atoms with van der Waals surface area (Å²) in [7, 11) is -3.51. The molecule has 0 aliphatic carbocycles. The summed E-state index contributed by atoms with van der Waals surface area (Å²) >= 11 is 5.58. The zero-order valence-electron chi connectivity index (χ0n) is 10.6. The Kier molecular flexibility index (Phi) is 6.19. The molecule has 0 saturated carbocycles. The minimum atomic E-state index is -3.51. The van der Waals surface area contributed by atoms with E-state index < -0.39 is 21.9 Å². The van der Waals surface area contributed by atoms with Gasteiger partial charge in [0.1, 0.15) is 5.82 Å². The van der Waals surface area contributed by atoms with Crippen molar-refractivity contribution < 1.29 is 17.9 Å². The third-order valence-corrected chi connectivity index (χ3v) is 4.26. The van der Waals surface area contributed by atoms with Gasteiger partial charge in [-0.05, 0) is 30.5 Å². The van der Waals surface area contributed by atoms with Gasteiger partial charge < -0.3 is 5.11 Å². The van der Waals surface area contributed by atoms with Crippen LogP contribution in [-0.4, -0.2) is 26.2 Å². The van der Waals surface area contributed by atoms with Crippen LogP contribution in [0.3, 0.4) is 0 Å². The second-order valence-electron chi connectivity index (χ2n) is 4.25. The fraction of sp³-hybridized carbons (Fsp3) is 0.500. The first-order valence-electron chi connectivity index (χ1n) is 5.93. The van der Waals surface area contributed by atoms with Crippen LogP contribution in [0, 0.1) is 5.82 Å². The molecule has 4 nitrogen and oxygen atoms in total. The third-order valence-electron chi connectivity index (χ3n) is 2.61. The standard InChI is InChI=1S/C12H17ClFNO3S/c1-2-10(16)5-6-15-19(17,18)8-9-3-4-12(14)11(13)7-9/h3-4,7,10,15-16H,2,5-6,8H2,1H3. The maximum absolute atomic E-state index is 12.9. The van der Waals surface area contributed by atoms with Crippen LogP contribution in [0.5, 0.6) is 0 Å². The van der Waals surface area contributed by atoms with Gasteiger partial charge in [-0.15, -0.1) is 0 Å². The van der Waals surface area contributed by atoms with Crippen LogP contribution in [0.1, 0.15) is 25.3 Å². The Morgan fingerprint density at radius 3 is 2.74 bits per heavy atom. The molecule has 0 amide bonds. The van der Waals surface area contributed by atoms with Gasteiger partial charge in [-0.3, -0.25) is 0 Å². The van der Waals surface area contributed by atoms with Crippen LogP contribution in [0.15, 0.2) is 18.2 Å². The Bertz CT molecular complexity index is 522. The second kappa shape index (κ2) is 7.19. The van der Waals surface area contributed by atoms with Crippen molar-refractivity contribution in [1.29, 1.82) is 0 Å². The summed E-state index contributed by atoms with van der Waals surface area (Å²) in [5.41, 5.74) is 0.412. The van der Waals surface area contributed by atoms with E-state index in [9.17, 15) is 17.9 Å². The Hall–Kier alpha value is -0.690. The molecule has 0 bridgehead atoms. The van der Waals surface area contributed by atoms with Crippen LogP contribution in [0.2, 0.25) is 5.02 Å². The summed E-state index contributed by atoms with van der Waals surface area (Å²) in [5, 5.41) is 9.21. The van der Waals surface area contributed by atoms with Crippen LogP contribution in [0.25, 0.3) is 0 Å². The van der Waals surface area contributed by atoms with Crippen molar-refractivity contribution in [3.05, 3.63) is 34.6 Å². The Labute approximate surface area is 117 Å². The molecule has 2 N–H and O–H groups in total. The van der Waals surface area contributed by atoms with E-state index in [1.54, 1.807) is 0 Å². The number of aliphatic hydroxyl groups excluding tert-OH is 1. The van der Waals surface area contributed by atoms with E-state index in [0.717, 1.165) is 6.07 Å². The van der Waals surface area contributed by atoms with Gasteiger partial charge in [0.15, 0.2) is 0 Å². The summed E-state index contributed by atoms with van der Waals surface area (Å²) in [5.74, 6) is -0.850. The van der Waals surface area contributed by atoms with Crippen molar-refractivity contribution in [2.75, 3.05) is 6.54 Å². The molecule has 7 heteroatoms. The number of benzene rings is 1. The minimum absolute atomic E-state index is 0.103. The highest BCUT2D eigenvalue weighted by Crippen LogP contribution is 2.17. The van der Waals surface area contributed by atoms with E-state index in [4.69, 9.17) is 11.6 Å². The van der Waals surface area contributed by atoms with Crippen LogP contribution in [0.4, 0.5) is 4.39 Å². The predicted molar refractivity (Wildman–Crippen MR) is 73.0 cm³/mol. The quantitative estimate of drug-likeness (QED) is 0.810. The average Bonchev–Trinajstić information content (AvgIpc) is 2.33. The molecule has 0 saturated heterocycles. The second-order valence-corrected chi connectivity index (χ2v) is 6.47. The van der Waals surface area contributed by atoms with E-state index in [0.29, 0.717) is 18.4 Å². The zero-order valence-corrected chi connectivity index (χ0v) is 12.1. The molecular formula is C12H17ClFNO3S. The SMILES string of the molecule is CCC(O)CCNS(=O)(=O)Cc1ccc(F)c(Cl)c1. The minimum Gasteiger partial charge on any atom is -0.393 e. The number of hydrogen-bond donors (Lipinski definition) is 2. The maximum atomic E-state index is 12.9. The van der Waals surface area contributed by atoms with Crippen molar-refractivity contribution >= 4 is 21.6 Å². The van der Waals surface area contributed by atoms with Crippen LogP contribution in [-0.2, 0) is 15.8 Å². The molecule has 1 rings (SSSR count). The zero-order chi connectivity index (χ0) is 14.5. The summed E-state index contributed by atoms with van der Waals surface area (Å²) in [6, 6.07) is 3.80. The first kappa shape index (κ1) is 16.4. The normalized spacial score (nSPS) is 13.5. The first-order valence-corrected chi connectivity index (χ1v) is 7.96. The number of nitrogens with one attached hydrogen (secondary N) is 1. The third kappa shape index (κ3) is 5.86. The van der Waals surface area contributed by atoms with E-state index in [2.05, 4.69) is 4.72 Å². The molecule has 1 aromatic carbocycles. The summed E-state index contributed by atoms with van der Waals surface area (Å²) in [4.78, 5) is 0. The number of hydrogen-bond acceptors (Lipinski definition) is 3. The Morgan fingerprint density at radius 2 is 2.16 bits per heavy atom. The summed E-state index contributed by atoms with van der Waals surface area (Å²) < 4.78 is 38.8. The van der Waals surface area contributed by atoms with Crippen molar-refractivity contribution in [2.45, 2.75) is 31.6 Å². The van der Waals surface area contributed by atoms with E-state index in [1.165, 1.54) is 12.1 Å². The fourth-order valence-electron chi connectivity index (χ4n) is 1.49. The molecule has 1 aromatic rings. The van der Waals surface area contributed by atoms with Gasteiger partial charge in [-0.2, -0.15) is 0 Å². The van der Waals surface area contributed by atoms with Gasteiger partial charge in [0, 0.05) is 6.54 Å². The molecule has 108 valence electrons. The van der Waals surface area contributed by atoms with E-state index >= 15 is 0 Å². The molecule has 1 atom stereocenters. The topological polar surface area (TPSA) is 66.4 Å². The van der Waals surface area contributed by atoms with Crippen molar-refractivity contribution in [2.24, 2.45) is 0 Å². The number of aliphatic hydroxyl groups is 1. The average molecular weight is 310 g/mol.